The van der Waals surface area contributed by atoms with Gasteiger partial charge < -0.3 is 10.1 Å². The summed E-state index contributed by atoms with van der Waals surface area (Å²) < 4.78 is 6.20. The van der Waals surface area contributed by atoms with Crippen LogP contribution in [0, 0.1) is 11.8 Å². The van der Waals surface area contributed by atoms with Gasteiger partial charge in [0.05, 0.1) is 11.1 Å². The lowest BCUT2D eigenvalue weighted by molar-refractivity contribution is -0.138. The van der Waals surface area contributed by atoms with Crippen LogP contribution in [0.1, 0.15) is 73.6 Å². The summed E-state index contributed by atoms with van der Waals surface area (Å²) in [5.74, 6) is -1.15. The molecule has 1 saturated carbocycles. The Kier molecular flexibility index (Phi) is 6.87. The molecule has 0 unspecified atom stereocenters. The van der Waals surface area contributed by atoms with Crippen LogP contribution in [-0.2, 0) is 9.59 Å². The highest BCUT2D eigenvalue weighted by atomic mass is 16.5. The molecular weight excluding hydrogens is 460 g/mol. The fourth-order valence-corrected chi connectivity index (χ4v) is 6.10. The summed E-state index contributed by atoms with van der Waals surface area (Å²) >= 11 is 0. The molecule has 3 aliphatic heterocycles. The average molecular weight is 497 g/mol. The molecule has 0 radical (unpaired) electrons. The van der Waals surface area contributed by atoms with Gasteiger partial charge in [0.15, 0.2) is 0 Å². The number of ether oxygens (including phenoxy) is 1. The highest BCUT2D eigenvalue weighted by molar-refractivity contribution is 6.23. The maximum absolute atomic E-state index is 13.2. The third-order valence-corrected chi connectivity index (χ3v) is 8.18. The smallest absolute Gasteiger partial charge is 0.262 e. The van der Waals surface area contributed by atoms with E-state index in [-0.39, 0.29) is 29.6 Å². The summed E-state index contributed by atoms with van der Waals surface area (Å²) in [4.78, 5) is 53.9. The van der Waals surface area contributed by atoms with Crippen LogP contribution in [0.4, 0.5) is 0 Å². The first-order valence-corrected chi connectivity index (χ1v) is 13.2. The Morgan fingerprint density at radius 3 is 2.42 bits per heavy atom. The number of piperidine rings is 2. The molecule has 9 heteroatoms. The molecule has 0 spiro atoms. The Labute approximate surface area is 211 Å². The highest BCUT2D eigenvalue weighted by Gasteiger charge is 2.47. The van der Waals surface area contributed by atoms with Crippen molar-refractivity contribution in [3.05, 3.63) is 29.3 Å². The summed E-state index contributed by atoms with van der Waals surface area (Å²) in [6.07, 6.45) is 4.49. The number of hydrogen-bond donors (Lipinski definition) is 2. The van der Waals surface area contributed by atoms with Crippen molar-refractivity contribution >= 4 is 23.6 Å². The van der Waals surface area contributed by atoms with E-state index in [2.05, 4.69) is 29.4 Å². The molecule has 1 aromatic rings. The number of carbonyl (C=O) groups excluding carboxylic acids is 4. The predicted octanol–water partition coefficient (Wildman–Crippen LogP) is 1.95. The molecule has 2 N–H and O–H groups in total. The standard InChI is InChI=1S/C27H36N4O5/c1-15(2)30(14-17-6-8-28-9-7-17)18-11-20(12-18)36-19-4-5-21-22(13-19)27(35)31(26(21)34)24-16(3)10-23(32)29-25(24)33/h4-5,13,15-18,20,24,28H,6-12,14H2,1-3H3,(H,29,32,33)/t16-,18?,20?,24-/m0/s1. The normalized spacial score (nSPS) is 29.0. The number of nitrogens with zero attached hydrogens (tertiary/aromatic N) is 2. The molecule has 0 aromatic heterocycles. The van der Waals surface area contributed by atoms with Crippen LogP contribution >= 0.6 is 0 Å². The topological polar surface area (TPSA) is 108 Å². The largest absolute Gasteiger partial charge is 0.490 e. The zero-order valence-corrected chi connectivity index (χ0v) is 21.3. The second-order valence-electron chi connectivity index (χ2n) is 11.1. The van der Waals surface area contributed by atoms with E-state index < -0.39 is 29.7 Å². The second-order valence-corrected chi connectivity index (χ2v) is 11.1. The quantitative estimate of drug-likeness (QED) is 0.556. The Hall–Kier alpha value is -2.78. The molecule has 4 amide bonds. The molecule has 9 nitrogen and oxygen atoms in total. The van der Waals surface area contributed by atoms with Crippen molar-refractivity contribution in [2.24, 2.45) is 11.8 Å². The van der Waals surface area contributed by atoms with Gasteiger partial charge in [-0.3, -0.25) is 34.3 Å². The zero-order valence-electron chi connectivity index (χ0n) is 21.3. The SMILES string of the molecule is CC(C)N(CC1CCNCC1)C1CC(Oc2ccc3c(c2)C(=O)N([C@@H]2C(=O)NC(=O)C[C@@H]2C)C3=O)C1. The van der Waals surface area contributed by atoms with Gasteiger partial charge in [-0.15, -0.1) is 0 Å². The van der Waals surface area contributed by atoms with Crippen LogP contribution in [0.15, 0.2) is 18.2 Å². The Bertz CT molecular complexity index is 1060. The molecule has 0 bridgehead atoms. The van der Waals surface area contributed by atoms with E-state index in [1.54, 1.807) is 25.1 Å². The number of nitrogens with one attached hydrogen (secondary N) is 2. The van der Waals surface area contributed by atoms with E-state index in [4.69, 9.17) is 4.74 Å². The van der Waals surface area contributed by atoms with Crippen LogP contribution in [0.25, 0.3) is 0 Å². The van der Waals surface area contributed by atoms with Gasteiger partial charge in [-0.25, -0.2) is 0 Å². The number of hydrogen-bond acceptors (Lipinski definition) is 7. The Balaban J connectivity index is 1.22. The average Bonchev–Trinajstić information content (AvgIpc) is 3.04. The first kappa shape index (κ1) is 24.9. The number of fused-ring (bicyclic) bond motifs is 1. The number of carbonyl (C=O) groups is 4. The van der Waals surface area contributed by atoms with E-state index in [0.29, 0.717) is 17.8 Å². The monoisotopic (exact) mass is 496 g/mol. The lowest BCUT2D eigenvalue weighted by Crippen LogP contribution is -2.58. The summed E-state index contributed by atoms with van der Waals surface area (Å²) in [5, 5.41) is 5.69. The highest BCUT2D eigenvalue weighted by Crippen LogP contribution is 2.35. The maximum atomic E-state index is 13.2. The van der Waals surface area contributed by atoms with Crippen molar-refractivity contribution in [1.29, 1.82) is 0 Å². The first-order chi connectivity index (χ1) is 17.2. The fraction of sp³-hybridized carbons (Fsp3) is 0.630. The van der Waals surface area contributed by atoms with E-state index in [1.807, 2.05) is 0 Å². The third kappa shape index (κ3) is 4.66. The molecule has 1 aliphatic carbocycles. The molecule has 2 saturated heterocycles. The minimum absolute atomic E-state index is 0.0702. The first-order valence-electron chi connectivity index (χ1n) is 13.2. The van der Waals surface area contributed by atoms with E-state index in [9.17, 15) is 19.2 Å². The molecule has 3 heterocycles. The van der Waals surface area contributed by atoms with Crippen LogP contribution in [0.3, 0.4) is 0 Å². The van der Waals surface area contributed by atoms with Gasteiger partial charge in [0.2, 0.25) is 11.8 Å². The summed E-state index contributed by atoms with van der Waals surface area (Å²) in [7, 11) is 0. The number of imide groups is 2. The van der Waals surface area contributed by atoms with Crippen molar-refractivity contribution in [2.45, 2.75) is 77.1 Å². The predicted molar refractivity (Wildman–Crippen MR) is 133 cm³/mol. The van der Waals surface area contributed by atoms with Crippen LogP contribution < -0.4 is 15.4 Å². The zero-order chi connectivity index (χ0) is 25.6. The van der Waals surface area contributed by atoms with Crippen molar-refractivity contribution in [3.63, 3.8) is 0 Å². The van der Waals surface area contributed by atoms with Gasteiger partial charge in [-0.1, -0.05) is 6.92 Å². The molecule has 4 aliphatic rings. The Morgan fingerprint density at radius 2 is 1.75 bits per heavy atom. The van der Waals surface area contributed by atoms with Gasteiger partial charge >= 0.3 is 0 Å². The molecule has 194 valence electrons. The molecule has 5 rings (SSSR count). The molecule has 1 aromatic carbocycles. The lowest BCUT2D eigenvalue weighted by atomic mass is 9.85. The minimum Gasteiger partial charge on any atom is -0.490 e. The minimum atomic E-state index is -0.992. The van der Waals surface area contributed by atoms with E-state index >= 15 is 0 Å². The summed E-state index contributed by atoms with van der Waals surface area (Å²) in [5.41, 5.74) is 0.517. The number of rotatable bonds is 7. The summed E-state index contributed by atoms with van der Waals surface area (Å²) in [6.45, 7) is 9.55. The summed E-state index contributed by atoms with van der Waals surface area (Å²) in [6, 6.07) is 4.93. The van der Waals surface area contributed by atoms with Gasteiger partial charge in [-0.05, 0) is 69.8 Å². The van der Waals surface area contributed by atoms with Crippen molar-refractivity contribution in [3.8, 4) is 5.75 Å². The van der Waals surface area contributed by atoms with Crippen molar-refractivity contribution in [1.82, 2.24) is 20.4 Å². The van der Waals surface area contributed by atoms with Gasteiger partial charge in [-0.2, -0.15) is 0 Å². The molecule has 2 atom stereocenters. The third-order valence-electron chi connectivity index (χ3n) is 8.18. The number of amides is 4. The maximum Gasteiger partial charge on any atom is 0.262 e. The van der Waals surface area contributed by atoms with Crippen LogP contribution in [-0.4, -0.2) is 77.3 Å². The number of benzene rings is 1. The molecular formula is C27H36N4O5. The molecule has 36 heavy (non-hydrogen) atoms. The molecule has 3 fully saturated rings. The fourth-order valence-electron chi connectivity index (χ4n) is 6.10. The van der Waals surface area contributed by atoms with Gasteiger partial charge in [0.1, 0.15) is 17.9 Å². The van der Waals surface area contributed by atoms with Crippen molar-refractivity contribution < 1.29 is 23.9 Å². The van der Waals surface area contributed by atoms with Crippen LogP contribution in [0.2, 0.25) is 0 Å². The van der Waals surface area contributed by atoms with Crippen molar-refractivity contribution in [2.75, 3.05) is 19.6 Å². The van der Waals surface area contributed by atoms with E-state index in [0.717, 1.165) is 43.3 Å². The van der Waals surface area contributed by atoms with Crippen LogP contribution in [0.5, 0.6) is 5.75 Å². The van der Waals surface area contributed by atoms with Gasteiger partial charge in [0, 0.05) is 37.9 Å². The second kappa shape index (κ2) is 9.94. The Morgan fingerprint density at radius 1 is 1.06 bits per heavy atom. The van der Waals surface area contributed by atoms with Gasteiger partial charge in [0.25, 0.3) is 11.8 Å². The lowest BCUT2D eigenvalue weighted by Gasteiger charge is -2.46. The van der Waals surface area contributed by atoms with E-state index in [1.165, 1.54) is 12.8 Å².